The predicted molar refractivity (Wildman–Crippen MR) is 101 cm³/mol. The fraction of sp³-hybridized carbons (Fsp3) is 0.300. The zero-order valence-electron chi connectivity index (χ0n) is 15.3. The van der Waals surface area contributed by atoms with Gasteiger partial charge in [-0.2, -0.15) is 0 Å². The zero-order chi connectivity index (χ0) is 18.9. The van der Waals surface area contributed by atoms with Gasteiger partial charge in [0.05, 0.1) is 13.7 Å². The number of ether oxygens (including phenoxy) is 2. The molecular formula is C20H24N2O4. The van der Waals surface area contributed by atoms with Crippen LogP contribution in [-0.4, -0.2) is 44.0 Å². The Morgan fingerprint density at radius 3 is 2.62 bits per heavy atom. The van der Waals surface area contributed by atoms with Gasteiger partial charge < -0.3 is 19.7 Å². The molecule has 138 valence electrons. The van der Waals surface area contributed by atoms with E-state index in [-0.39, 0.29) is 25.0 Å². The molecule has 0 fully saturated rings. The third-order valence-electron chi connectivity index (χ3n) is 3.86. The number of amides is 2. The van der Waals surface area contributed by atoms with Crippen molar-refractivity contribution in [3.63, 3.8) is 0 Å². The fourth-order valence-electron chi connectivity index (χ4n) is 2.39. The number of likely N-dealkylation sites (N-methyl/N-ethyl adjacent to an activating group) is 1. The molecule has 26 heavy (non-hydrogen) atoms. The van der Waals surface area contributed by atoms with E-state index >= 15 is 0 Å². The largest absolute Gasteiger partial charge is 0.497 e. The summed E-state index contributed by atoms with van der Waals surface area (Å²) in [6, 6.07) is 14.6. The smallest absolute Gasteiger partial charge is 0.260 e. The Balaban J connectivity index is 1.85. The maximum absolute atomic E-state index is 12.2. The van der Waals surface area contributed by atoms with Crippen molar-refractivity contribution in [2.24, 2.45) is 0 Å². The second-order valence-corrected chi connectivity index (χ2v) is 5.78. The molecule has 2 aromatic carbocycles. The number of hydrogen-bond donors (Lipinski definition) is 1. The summed E-state index contributed by atoms with van der Waals surface area (Å²) in [5.41, 5.74) is 1.65. The maximum atomic E-state index is 12.2. The Morgan fingerprint density at radius 2 is 1.88 bits per heavy atom. The van der Waals surface area contributed by atoms with E-state index in [0.29, 0.717) is 17.2 Å². The van der Waals surface area contributed by atoms with E-state index in [9.17, 15) is 9.59 Å². The highest BCUT2D eigenvalue weighted by Gasteiger charge is 2.14. The maximum Gasteiger partial charge on any atom is 0.260 e. The lowest BCUT2D eigenvalue weighted by molar-refractivity contribution is -0.135. The molecule has 0 bridgehead atoms. The highest BCUT2D eigenvalue weighted by Crippen LogP contribution is 2.18. The Kier molecular flexibility index (Phi) is 7.02. The fourth-order valence-corrected chi connectivity index (χ4v) is 2.39. The number of para-hydroxylation sites is 1. The molecule has 6 heteroatoms. The minimum absolute atomic E-state index is 0.0607. The van der Waals surface area contributed by atoms with Gasteiger partial charge in [-0.1, -0.05) is 31.2 Å². The number of hydrogen-bond acceptors (Lipinski definition) is 4. The summed E-state index contributed by atoms with van der Waals surface area (Å²) in [6.45, 7) is 1.85. The molecular weight excluding hydrogens is 332 g/mol. The summed E-state index contributed by atoms with van der Waals surface area (Å²) in [4.78, 5) is 25.7. The summed E-state index contributed by atoms with van der Waals surface area (Å²) >= 11 is 0. The van der Waals surface area contributed by atoms with E-state index in [1.54, 1.807) is 38.4 Å². The van der Waals surface area contributed by atoms with Crippen LogP contribution < -0.4 is 14.8 Å². The number of rotatable bonds is 8. The van der Waals surface area contributed by atoms with Crippen LogP contribution in [0.5, 0.6) is 11.5 Å². The van der Waals surface area contributed by atoms with Gasteiger partial charge in [-0.25, -0.2) is 0 Å². The molecule has 0 spiro atoms. The third kappa shape index (κ3) is 5.51. The highest BCUT2D eigenvalue weighted by molar-refractivity contribution is 5.94. The van der Waals surface area contributed by atoms with Crippen molar-refractivity contribution in [3.05, 3.63) is 54.1 Å². The van der Waals surface area contributed by atoms with E-state index in [1.165, 1.54) is 4.90 Å². The topological polar surface area (TPSA) is 67.9 Å². The first kappa shape index (κ1) is 19.3. The zero-order valence-corrected chi connectivity index (χ0v) is 15.3. The van der Waals surface area contributed by atoms with E-state index in [1.807, 2.05) is 31.2 Å². The van der Waals surface area contributed by atoms with E-state index in [0.717, 1.165) is 12.0 Å². The summed E-state index contributed by atoms with van der Waals surface area (Å²) < 4.78 is 10.7. The van der Waals surface area contributed by atoms with Gasteiger partial charge in [0, 0.05) is 18.8 Å². The monoisotopic (exact) mass is 356 g/mol. The Labute approximate surface area is 153 Å². The molecule has 0 saturated carbocycles. The van der Waals surface area contributed by atoms with Crippen LogP contribution >= 0.6 is 0 Å². The van der Waals surface area contributed by atoms with E-state index in [4.69, 9.17) is 9.47 Å². The van der Waals surface area contributed by atoms with Crippen molar-refractivity contribution in [3.8, 4) is 11.5 Å². The Morgan fingerprint density at radius 1 is 1.12 bits per heavy atom. The number of benzene rings is 2. The molecule has 0 aliphatic heterocycles. The van der Waals surface area contributed by atoms with Gasteiger partial charge in [0.25, 0.3) is 5.91 Å². The molecule has 0 heterocycles. The molecule has 2 amide bonds. The summed E-state index contributed by atoms with van der Waals surface area (Å²) in [5.74, 6) is 0.785. The van der Waals surface area contributed by atoms with Crippen molar-refractivity contribution in [2.45, 2.75) is 13.3 Å². The van der Waals surface area contributed by atoms with Crippen molar-refractivity contribution in [1.29, 1.82) is 0 Å². The predicted octanol–water partition coefficient (Wildman–Crippen LogP) is 2.73. The molecule has 0 aliphatic rings. The number of carbonyl (C=O) groups is 2. The third-order valence-corrected chi connectivity index (χ3v) is 3.86. The van der Waals surface area contributed by atoms with Crippen LogP contribution in [0.1, 0.15) is 12.5 Å². The number of methoxy groups -OCH3 is 1. The SMILES string of the molecule is CCc1ccccc1OCC(=O)N(C)CC(=O)Nc1cccc(OC)c1. The Bertz CT molecular complexity index is 761. The molecule has 2 rings (SSSR count). The summed E-state index contributed by atoms with van der Waals surface area (Å²) in [5, 5.41) is 2.74. The van der Waals surface area contributed by atoms with Crippen LogP contribution in [0, 0.1) is 0 Å². The average Bonchev–Trinajstić information content (AvgIpc) is 2.66. The molecule has 1 N–H and O–H groups in total. The Hall–Kier alpha value is -3.02. The lowest BCUT2D eigenvalue weighted by Crippen LogP contribution is -2.37. The lowest BCUT2D eigenvalue weighted by atomic mass is 10.1. The quantitative estimate of drug-likeness (QED) is 0.790. The standard InChI is InChI=1S/C20H24N2O4/c1-4-15-8-5-6-11-18(15)26-14-20(24)22(2)13-19(23)21-16-9-7-10-17(12-16)25-3/h5-12H,4,13-14H2,1-3H3,(H,21,23). The van der Waals surface area contributed by atoms with Crippen LogP contribution in [0.25, 0.3) is 0 Å². The van der Waals surface area contributed by atoms with Crippen molar-refractivity contribution >= 4 is 17.5 Å². The normalized spacial score (nSPS) is 10.1. The molecule has 0 atom stereocenters. The van der Waals surface area contributed by atoms with Crippen LogP contribution in [0.4, 0.5) is 5.69 Å². The van der Waals surface area contributed by atoms with Gasteiger partial charge >= 0.3 is 0 Å². The molecule has 6 nitrogen and oxygen atoms in total. The van der Waals surface area contributed by atoms with Crippen LogP contribution in [0.2, 0.25) is 0 Å². The average molecular weight is 356 g/mol. The van der Waals surface area contributed by atoms with Gasteiger partial charge in [0.1, 0.15) is 11.5 Å². The number of carbonyl (C=O) groups excluding carboxylic acids is 2. The van der Waals surface area contributed by atoms with E-state index in [2.05, 4.69) is 5.32 Å². The number of nitrogens with one attached hydrogen (secondary N) is 1. The number of anilines is 1. The van der Waals surface area contributed by atoms with Crippen molar-refractivity contribution < 1.29 is 19.1 Å². The molecule has 2 aromatic rings. The molecule has 0 saturated heterocycles. The summed E-state index contributed by atoms with van der Waals surface area (Å²) in [6.07, 6.45) is 0.823. The van der Waals surface area contributed by atoms with Crippen LogP contribution in [0.15, 0.2) is 48.5 Å². The van der Waals surface area contributed by atoms with Crippen molar-refractivity contribution in [1.82, 2.24) is 4.90 Å². The first-order valence-electron chi connectivity index (χ1n) is 8.42. The number of aryl methyl sites for hydroxylation is 1. The van der Waals surface area contributed by atoms with E-state index < -0.39 is 0 Å². The first-order chi connectivity index (χ1) is 12.5. The van der Waals surface area contributed by atoms with Gasteiger partial charge in [-0.15, -0.1) is 0 Å². The van der Waals surface area contributed by atoms with Crippen molar-refractivity contribution in [2.75, 3.05) is 32.6 Å². The minimum atomic E-state index is -0.289. The molecule has 0 aromatic heterocycles. The van der Waals surface area contributed by atoms with Gasteiger partial charge in [0.2, 0.25) is 5.91 Å². The van der Waals surface area contributed by atoms with Gasteiger partial charge in [-0.3, -0.25) is 9.59 Å². The van der Waals surface area contributed by atoms with Crippen LogP contribution in [0.3, 0.4) is 0 Å². The minimum Gasteiger partial charge on any atom is -0.497 e. The molecule has 0 unspecified atom stereocenters. The first-order valence-corrected chi connectivity index (χ1v) is 8.42. The second kappa shape index (κ2) is 9.46. The molecule has 0 radical (unpaired) electrons. The lowest BCUT2D eigenvalue weighted by Gasteiger charge is -2.18. The van der Waals surface area contributed by atoms with Gasteiger partial charge in [-0.05, 0) is 30.2 Å². The highest BCUT2D eigenvalue weighted by atomic mass is 16.5. The van der Waals surface area contributed by atoms with Gasteiger partial charge in [0.15, 0.2) is 6.61 Å². The number of nitrogens with zero attached hydrogens (tertiary/aromatic N) is 1. The molecule has 0 aliphatic carbocycles. The second-order valence-electron chi connectivity index (χ2n) is 5.78. The summed E-state index contributed by atoms with van der Waals surface area (Å²) in [7, 11) is 3.13. The van der Waals surface area contributed by atoms with Crippen LogP contribution in [-0.2, 0) is 16.0 Å².